The van der Waals surface area contributed by atoms with Gasteiger partial charge < -0.3 is 9.13 Å². The lowest BCUT2D eigenvalue weighted by atomic mass is 9.76. The lowest BCUT2D eigenvalue weighted by Gasteiger charge is -2.28. The van der Waals surface area contributed by atoms with Crippen molar-refractivity contribution in [2.24, 2.45) is 7.05 Å². The summed E-state index contributed by atoms with van der Waals surface area (Å²) in [7, 11) is 2.04. The monoisotopic (exact) mass is 689 g/mol. The number of para-hydroxylation sites is 1. The maximum absolute atomic E-state index is 5.60. The first kappa shape index (κ1) is 35.5. The van der Waals surface area contributed by atoms with Gasteiger partial charge in [0.15, 0.2) is 0 Å². The van der Waals surface area contributed by atoms with Gasteiger partial charge in [0.1, 0.15) is 5.82 Å². The first-order valence-electron chi connectivity index (χ1n) is 18.7. The van der Waals surface area contributed by atoms with E-state index in [1.165, 1.54) is 44.2 Å². The van der Waals surface area contributed by atoms with Crippen LogP contribution in [0.15, 0.2) is 97.3 Å². The van der Waals surface area contributed by atoms with Crippen LogP contribution in [0.25, 0.3) is 55.7 Å². The fraction of sp³-hybridized carbons (Fsp3) is 0.362. The Balaban J connectivity index is 1.53. The SMILES string of the molecule is Cn1ccnc1-c1cccc(-n2c3ccccc3c3ccc(-n4nc(C(C)(C)C)c(-c5cc(C(C)(C)C)cc(C(C)(C)C)c5)c4C(C)(C)C)cc32)c1. The Morgan fingerprint density at radius 1 is 0.538 bits per heavy atom. The van der Waals surface area contributed by atoms with Crippen LogP contribution in [0.3, 0.4) is 0 Å². The molecule has 0 aliphatic carbocycles. The summed E-state index contributed by atoms with van der Waals surface area (Å²) >= 11 is 0. The smallest absolute Gasteiger partial charge is 0.139 e. The van der Waals surface area contributed by atoms with Crippen molar-refractivity contribution < 1.29 is 0 Å². The summed E-state index contributed by atoms with van der Waals surface area (Å²) in [5.74, 6) is 0.946. The number of imidazole rings is 1. The number of hydrogen-bond acceptors (Lipinski definition) is 2. The number of rotatable bonds is 4. The van der Waals surface area contributed by atoms with Gasteiger partial charge in [0.25, 0.3) is 0 Å². The Morgan fingerprint density at radius 2 is 1.19 bits per heavy atom. The first-order valence-corrected chi connectivity index (χ1v) is 18.7. The van der Waals surface area contributed by atoms with E-state index < -0.39 is 0 Å². The van der Waals surface area contributed by atoms with Gasteiger partial charge in [-0.3, -0.25) is 0 Å². The first-order chi connectivity index (χ1) is 24.2. The molecule has 4 aromatic carbocycles. The summed E-state index contributed by atoms with van der Waals surface area (Å²) in [6.07, 6.45) is 3.85. The van der Waals surface area contributed by atoms with Gasteiger partial charge in [-0.25, -0.2) is 9.67 Å². The Bertz CT molecular complexity index is 2420. The lowest BCUT2D eigenvalue weighted by Crippen LogP contribution is -2.20. The van der Waals surface area contributed by atoms with Crippen LogP contribution in [-0.2, 0) is 28.7 Å². The molecular weight excluding hydrogens is 635 g/mol. The second kappa shape index (κ2) is 12.1. The Kier molecular flexibility index (Phi) is 8.25. The van der Waals surface area contributed by atoms with E-state index in [0.717, 1.165) is 34.0 Å². The molecule has 5 nitrogen and oxygen atoms in total. The molecule has 7 aromatic rings. The number of aromatic nitrogens is 5. The summed E-state index contributed by atoms with van der Waals surface area (Å²) < 4.78 is 6.72. The summed E-state index contributed by atoms with van der Waals surface area (Å²) in [5, 5.41) is 8.04. The molecule has 52 heavy (non-hydrogen) atoms. The molecule has 0 radical (unpaired) electrons. The molecular formula is C47H55N5. The molecule has 0 spiro atoms. The van der Waals surface area contributed by atoms with Gasteiger partial charge >= 0.3 is 0 Å². The van der Waals surface area contributed by atoms with Gasteiger partial charge in [-0.1, -0.05) is 138 Å². The molecule has 3 aromatic heterocycles. The maximum atomic E-state index is 5.60. The number of benzene rings is 4. The fourth-order valence-corrected chi connectivity index (χ4v) is 7.53. The Hall–Kier alpha value is -4.90. The van der Waals surface area contributed by atoms with Crippen molar-refractivity contribution in [3.05, 3.63) is 120 Å². The van der Waals surface area contributed by atoms with Crippen molar-refractivity contribution in [2.45, 2.75) is 105 Å². The summed E-state index contributed by atoms with van der Waals surface area (Å²) in [4.78, 5) is 4.65. The average Bonchev–Trinajstić information content (AvgIpc) is 3.77. The molecule has 0 bridgehead atoms. The van der Waals surface area contributed by atoms with Crippen molar-refractivity contribution in [2.75, 3.05) is 0 Å². The quantitative estimate of drug-likeness (QED) is 0.185. The number of nitrogens with zero attached hydrogens (tertiary/aromatic N) is 5. The predicted octanol–water partition coefficient (Wildman–Crippen LogP) is 12.2. The van der Waals surface area contributed by atoms with Crippen molar-refractivity contribution >= 4 is 21.8 Å². The van der Waals surface area contributed by atoms with E-state index in [0.29, 0.717) is 0 Å². The van der Waals surface area contributed by atoms with Crippen LogP contribution in [-0.4, -0.2) is 23.9 Å². The van der Waals surface area contributed by atoms with E-state index in [2.05, 4.69) is 187 Å². The van der Waals surface area contributed by atoms with E-state index in [1.54, 1.807) is 0 Å². The summed E-state index contributed by atoms with van der Waals surface area (Å²) in [6.45, 7) is 27.8. The van der Waals surface area contributed by atoms with Crippen LogP contribution in [0.1, 0.15) is 106 Å². The van der Waals surface area contributed by atoms with E-state index in [9.17, 15) is 0 Å². The van der Waals surface area contributed by atoms with Gasteiger partial charge in [-0.2, -0.15) is 5.10 Å². The van der Waals surface area contributed by atoms with Crippen molar-refractivity contribution in [3.63, 3.8) is 0 Å². The van der Waals surface area contributed by atoms with Gasteiger partial charge in [0, 0.05) is 57.9 Å². The third kappa shape index (κ3) is 6.18. The zero-order valence-electron chi connectivity index (χ0n) is 33.5. The zero-order valence-corrected chi connectivity index (χ0v) is 33.5. The van der Waals surface area contributed by atoms with E-state index in [4.69, 9.17) is 5.10 Å². The van der Waals surface area contributed by atoms with Crippen LogP contribution >= 0.6 is 0 Å². The van der Waals surface area contributed by atoms with Gasteiger partial charge in [0.05, 0.1) is 28.1 Å². The minimum Gasteiger partial charge on any atom is -0.334 e. The molecule has 3 heterocycles. The molecule has 5 heteroatoms. The molecule has 0 aliphatic heterocycles. The maximum Gasteiger partial charge on any atom is 0.139 e. The molecule has 0 atom stereocenters. The normalized spacial score (nSPS) is 13.1. The molecule has 0 saturated carbocycles. The molecule has 0 fully saturated rings. The summed E-state index contributed by atoms with van der Waals surface area (Å²) in [6, 6.07) is 31.6. The van der Waals surface area contributed by atoms with Gasteiger partial charge in [0.2, 0.25) is 0 Å². The van der Waals surface area contributed by atoms with Crippen LogP contribution in [0, 0.1) is 0 Å². The van der Waals surface area contributed by atoms with E-state index in [1.807, 2.05) is 19.4 Å². The molecule has 0 N–H and O–H groups in total. The van der Waals surface area contributed by atoms with E-state index in [-0.39, 0.29) is 21.7 Å². The number of hydrogen-bond donors (Lipinski definition) is 0. The van der Waals surface area contributed by atoms with Crippen molar-refractivity contribution in [1.82, 2.24) is 23.9 Å². The van der Waals surface area contributed by atoms with Crippen LogP contribution in [0.4, 0.5) is 0 Å². The predicted molar refractivity (Wildman–Crippen MR) is 220 cm³/mol. The third-order valence-electron chi connectivity index (χ3n) is 10.3. The second-order valence-electron chi connectivity index (χ2n) is 18.7. The second-order valence-corrected chi connectivity index (χ2v) is 18.7. The van der Waals surface area contributed by atoms with Gasteiger partial charge in [-0.15, -0.1) is 0 Å². The highest BCUT2D eigenvalue weighted by Crippen LogP contribution is 2.45. The Morgan fingerprint density at radius 3 is 1.79 bits per heavy atom. The highest BCUT2D eigenvalue weighted by Gasteiger charge is 2.35. The van der Waals surface area contributed by atoms with Crippen LogP contribution < -0.4 is 0 Å². The number of aryl methyl sites for hydroxylation is 1. The molecule has 7 rings (SSSR count). The van der Waals surface area contributed by atoms with Crippen molar-refractivity contribution in [3.8, 4) is 33.9 Å². The molecule has 268 valence electrons. The largest absolute Gasteiger partial charge is 0.334 e. The van der Waals surface area contributed by atoms with Crippen LogP contribution in [0.5, 0.6) is 0 Å². The molecule has 0 aliphatic rings. The standard InChI is InChI=1S/C47H55N5/c1-44(2,3)32-25-31(26-33(28-32)45(4,5)6)40-41(46(7,8)9)49-52(42(40)47(10,11)12)35-21-22-37-36-19-14-15-20-38(36)51(39(37)29-35)34-18-16-17-30(27-34)43-48-23-24-50(43)13/h14-29H,1-13H3. The minimum atomic E-state index is -0.205. The highest BCUT2D eigenvalue weighted by molar-refractivity contribution is 6.09. The lowest BCUT2D eigenvalue weighted by molar-refractivity contribution is 0.537. The Labute approximate surface area is 310 Å². The van der Waals surface area contributed by atoms with Crippen LogP contribution in [0.2, 0.25) is 0 Å². The number of fused-ring (bicyclic) bond motifs is 3. The zero-order chi connectivity index (χ0) is 37.5. The van der Waals surface area contributed by atoms with Crippen molar-refractivity contribution in [1.29, 1.82) is 0 Å². The van der Waals surface area contributed by atoms with E-state index >= 15 is 0 Å². The fourth-order valence-electron chi connectivity index (χ4n) is 7.53. The van der Waals surface area contributed by atoms with Gasteiger partial charge in [-0.05, 0) is 57.9 Å². The average molecular weight is 690 g/mol. The molecule has 0 unspecified atom stereocenters. The highest BCUT2D eigenvalue weighted by atomic mass is 15.3. The summed E-state index contributed by atoms with van der Waals surface area (Å²) in [5.41, 5.74) is 12.7. The molecule has 0 amide bonds. The topological polar surface area (TPSA) is 40.6 Å². The molecule has 0 saturated heterocycles. The minimum absolute atomic E-state index is 0.00182. The third-order valence-corrected chi connectivity index (χ3v) is 10.3.